The first-order chi connectivity index (χ1) is 11.9. The Labute approximate surface area is 149 Å². The van der Waals surface area contributed by atoms with Crippen LogP contribution in [0.2, 0.25) is 0 Å². The van der Waals surface area contributed by atoms with Gasteiger partial charge in [-0.3, -0.25) is 9.48 Å². The highest BCUT2D eigenvalue weighted by Crippen LogP contribution is 2.27. The summed E-state index contributed by atoms with van der Waals surface area (Å²) in [7, 11) is 6.06. The molecule has 0 radical (unpaired) electrons. The Balaban J connectivity index is 1.74. The largest absolute Gasteiger partial charge is 0.363 e. The monoisotopic (exact) mass is 341 g/mol. The highest BCUT2D eigenvalue weighted by molar-refractivity contribution is 5.93. The molecule has 1 aromatic carbocycles. The number of nitrogens with one attached hydrogen (secondary N) is 2. The molecule has 1 atom stereocenters. The molecular formula is C19H27N5O. The smallest absolute Gasteiger partial charge is 0.224 e. The van der Waals surface area contributed by atoms with Gasteiger partial charge in [0.2, 0.25) is 5.91 Å². The van der Waals surface area contributed by atoms with E-state index in [1.54, 1.807) is 0 Å². The minimum atomic E-state index is 0.106. The molecule has 6 nitrogen and oxygen atoms in total. The first kappa shape index (κ1) is 17.5. The first-order valence-electron chi connectivity index (χ1n) is 8.72. The summed E-state index contributed by atoms with van der Waals surface area (Å²) in [5, 5.41) is 11.1. The molecule has 0 aliphatic carbocycles. The standard InChI is InChI=1S/C19H27N5O/c1-12(14-6-8-17-15(10-14)7-9-18(25)21-17)20-11-16-13(2)22-24(5)19(16)23(3)4/h6,8,10,12,20H,7,9,11H2,1-5H3,(H,21,25)/t12-/m0/s1. The first-order valence-corrected chi connectivity index (χ1v) is 8.72. The molecule has 2 aromatic rings. The maximum absolute atomic E-state index is 11.5. The van der Waals surface area contributed by atoms with E-state index in [2.05, 4.69) is 46.6 Å². The summed E-state index contributed by atoms with van der Waals surface area (Å²) in [5.41, 5.74) is 5.69. The average molecular weight is 341 g/mol. The number of benzene rings is 1. The molecular weight excluding hydrogens is 314 g/mol. The number of hydrogen-bond acceptors (Lipinski definition) is 4. The van der Waals surface area contributed by atoms with Crippen molar-refractivity contribution in [1.29, 1.82) is 0 Å². The van der Waals surface area contributed by atoms with Crippen LogP contribution >= 0.6 is 0 Å². The Morgan fingerprint density at radius 2 is 2.12 bits per heavy atom. The lowest BCUT2D eigenvalue weighted by Crippen LogP contribution is -2.22. The van der Waals surface area contributed by atoms with Crippen molar-refractivity contribution < 1.29 is 4.79 Å². The number of anilines is 2. The molecule has 1 aliphatic rings. The lowest BCUT2D eigenvalue weighted by atomic mass is 9.97. The van der Waals surface area contributed by atoms with Crippen molar-refractivity contribution in [3.05, 3.63) is 40.6 Å². The lowest BCUT2D eigenvalue weighted by Gasteiger charge is -2.21. The zero-order valence-corrected chi connectivity index (χ0v) is 15.7. The molecule has 1 aliphatic heterocycles. The van der Waals surface area contributed by atoms with E-state index in [9.17, 15) is 4.79 Å². The molecule has 6 heteroatoms. The van der Waals surface area contributed by atoms with E-state index in [1.807, 2.05) is 31.9 Å². The zero-order valence-electron chi connectivity index (χ0n) is 15.7. The molecule has 0 bridgehead atoms. The Morgan fingerprint density at radius 1 is 1.36 bits per heavy atom. The Bertz CT molecular complexity index is 793. The number of amides is 1. The fourth-order valence-electron chi connectivity index (χ4n) is 3.50. The van der Waals surface area contributed by atoms with Gasteiger partial charge < -0.3 is 15.5 Å². The van der Waals surface area contributed by atoms with E-state index in [0.717, 1.165) is 30.2 Å². The number of hydrogen-bond donors (Lipinski definition) is 2. The number of aryl methyl sites for hydroxylation is 3. The van der Waals surface area contributed by atoms with Gasteiger partial charge in [-0.1, -0.05) is 12.1 Å². The predicted molar refractivity (Wildman–Crippen MR) is 101 cm³/mol. The van der Waals surface area contributed by atoms with Gasteiger partial charge in [0.05, 0.1) is 5.69 Å². The van der Waals surface area contributed by atoms with Crippen LogP contribution in [0.15, 0.2) is 18.2 Å². The van der Waals surface area contributed by atoms with Gasteiger partial charge in [-0.25, -0.2) is 0 Å². The van der Waals surface area contributed by atoms with Crippen LogP contribution in [0.25, 0.3) is 0 Å². The Kier molecular flexibility index (Phi) is 4.81. The maximum Gasteiger partial charge on any atom is 0.224 e. The molecule has 0 unspecified atom stereocenters. The Hall–Kier alpha value is -2.34. The van der Waals surface area contributed by atoms with Crippen LogP contribution in [-0.4, -0.2) is 29.8 Å². The Morgan fingerprint density at radius 3 is 2.84 bits per heavy atom. The molecule has 1 amide bonds. The van der Waals surface area contributed by atoms with E-state index in [4.69, 9.17) is 0 Å². The molecule has 0 spiro atoms. The maximum atomic E-state index is 11.5. The van der Waals surface area contributed by atoms with E-state index in [0.29, 0.717) is 6.42 Å². The fraction of sp³-hybridized carbons (Fsp3) is 0.474. The third-order valence-electron chi connectivity index (χ3n) is 4.85. The van der Waals surface area contributed by atoms with Crippen molar-refractivity contribution in [2.75, 3.05) is 24.3 Å². The van der Waals surface area contributed by atoms with Crippen LogP contribution in [0, 0.1) is 6.92 Å². The summed E-state index contributed by atoms with van der Waals surface area (Å²) in [6.45, 7) is 4.99. The SMILES string of the molecule is Cc1nn(C)c(N(C)C)c1CN[C@@H](C)c1ccc2c(c1)CCC(=O)N2. The van der Waals surface area contributed by atoms with E-state index < -0.39 is 0 Å². The second-order valence-electron chi connectivity index (χ2n) is 6.97. The van der Waals surface area contributed by atoms with Crippen molar-refractivity contribution in [2.24, 2.45) is 7.05 Å². The van der Waals surface area contributed by atoms with Crippen LogP contribution < -0.4 is 15.5 Å². The number of carbonyl (C=O) groups excluding carboxylic acids is 1. The van der Waals surface area contributed by atoms with E-state index in [1.165, 1.54) is 16.7 Å². The summed E-state index contributed by atoms with van der Waals surface area (Å²) >= 11 is 0. The second-order valence-corrected chi connectivity index (χ2v) is 6.97. The summed E-state index contributed by atoms with van der Waals surface area (Å²) in [6.07, 6.45) is 1.38. The van der Waals surface area contributed by atoms with Gasteiger partial charge in [0, 0.05) is 51.4 Å². The van der Waals surface area contributed by atoms with Gasteiger partial charge in [0.15, 0.2) is 0 Å². The molecule has 0 fully saturated rings. The number of fused-ring (bicyclic) bond motifs is 1. The van der Waals surface area contributed by atoms with Crippen molar-refractivity contribution in [1.82, 2.24) is 15.1 Å². The third kappa shape index (κ3) is 3.54. The van der Waals surface area contributed by atoms with Gasteiger partial charge >= 0.3 is 0 Å². The lowest BCUT2D eigenvalue weighted by molar-refractivity contribution is -0.116. The van der Waals surface area contributed by atoms with Gasteiger partial charge in [0.1, 0.15) is 5.82 Å². The zero-order chi connectivity index (χ0) is 18.1. The van der Waals surface area contributed by atoms with E-state index in [-0.39, 0.29) is 11.9 Å². The summed E-state index contributed by atoms with van der Waals surface area (Å²) in [6, 6.07) is 6.53. The molecule has 25 heavy (non-hydrogen) atoms. The number of aromatic nitrogens is 2. The van der Waals surface area contributed by atoms with Crippen molar-refractivity contribution in [2.45, 2.75) is 39.3 Å². The summed E-state index contributed by atoms with van der Waals surface area (Å²) in [4.78, 5) is 13.6. The van der Waals surface area contributed by atoms with Crippen molar-refractivity contribution in [3.8, 4) is 0 Å². The van der Waals surface area contributed by atoms with Gasteiger partial charge in [-0.05, 0) is 37.5 Å². The highest BCUT2D eigenvalue weighted by Gasteiger charge is 2.18. The number of nitrogens with zero attached hydrogens (tertiary/aromatic N) is 3. The predicted octanol–water partition coefficient (Wildman–Crippen LogP) is 2.53. The second kappa shape index (κ2) is 6.88. The number of carbonyl (C=O) groups is 1. The molecule has 2 heterocycles. The average Bonchev–Trinajstić information content (AvgIpc) is 2.85. The normalized spacial score (nSPS) is 14.8. The highest BCUT2D eigenvalue weighted by atomic mass is 16.1. The number of rotatable bonds is 5. The van der Waals surface area contributed by atoms with E-state index >= 15 is 0 Å². The van der Waals surface area contributed by atoms with Crippen LogP contribution in [0.3, 0.4) is 0 Å². The van der Waals surface area contributed by atoms with Crippen LogP contribution in [0.5, 0.6) is 0 Å². The van der Waals surface area contributed by atoms with Crippen LogP contribution in [-0.2, 0) is 24.8 Å². The van der Waals surface area contributed by atoms with Gasteiger partial charge in [-0.15, -0.1) is 0 Å². The van der Waals surface area contributed by atoms with Crippen LogP contribution in [0.1, 0.15) is 41.8 Å². The van der Waals surface area contributed by atoms with Gasteiger partial charge in [-0.2, -0.15) is 5.10 Å². The summed E-state index contributed by atoms with van der Waals surface area (Å²) in [5.74, 6) is 1.24. The van der Waals surface area contributed by atoms with Crippen molar-refractivity contribution in [3.63, 3.8) is 0 Å². The fourth-order valence-corrected chi connectivity index (χ4v) is 3.50. The summed E-state index contributed by atoms with van der Waals surface area (Å²) < 4.78 is 1.93. The quantitative estimate of drug-likeness (QED) is 0.877. The molecule has 134 valence electrons. The molecule has 2 N–H and O–H groups in total. The topological polar surface area (TPSA) is 62.2 Å². The molecule has 0 saturated heterocycles. The van der Waals surface area contributed by atoms with Gasteiger partial charge in [0.25, 0.3) is 0 Å². The molecule has 0 saturated carbocycles. The third-order valence-corrected chi connectivity index (χ3v) is 4.85. The van der Waals surface area contributed by atoms with Crippen LogP contribution in [0.4, 0.5) is 11.5 Å². The van der Waals surface area contributed by atoms with Crippen molar-refractivity contribution >= 4 is 17.4 Å². The minimum absolute atomic E-state index is 0.106. The minimum Gasteiger partial charge on any atom is -0.363 e. The molecule has 1 aromatic heterocycles. The molecule has 3 rings (SSSR count).